The molecule has 2 N–H and O–H groups in total. The summed E-state index contributed by atoms with van der Waals surface area (Å²) < 4.78 is 0. The van der Waals surface area contributed by atoms with Crippen molar-refractivity contribution in [2.75, 3.05) is 0 Å². The summed E-state index contributed by atoms with van der Waals surface area (Å²) in [5.74, 6) is 1.24. The summed E-state index contributed by atoms with van der Waals surface area (Å²) in [5.41, 5.74) is 8.82. The van der Waals surface area contributed by atoms with Gasteiger partial charge in [-0.2, -0.15) is 0 Å². The fourth-order valence-corrected chi connectivity index (χ4v) is 1.79. The number of benzene rings is 1. The van der Waals surface area contributed by atoms with Crippen molar-refractivity contribution in [2.45, 2.75) is 46.1 Å². The molecular weight excluding hydrogens is 182 g/mol. The Morgan fingerprint density at radius 3 is 2.20 bits per heavy atom. The molecule has 0 spiro atoms. The van der Waals surface area contributed by atoms with Crippen LogP contribution in [0.15, 0.2) is 24.3 Å². The molecule has 0 aromatic heterocycles. The van der Waals surface area contributed by atoms with E-state index in [2.05, 4.69) is 52.0 Å². The summed E-state index contributed by atoms with van der Waals surface area (Å²) in [4.78, 5) is 0. The van der Waals surface area contributed by atoms with Crippen LogP contribution >= 0.6 is 0 Å². The highest BCUT2D eigenvalue weighted by molar-refractivity contribution is 5.27. The van der Waals surface area contributed by atoms with Gasteiger partial charge in [0.25, 0.3) is 0 Å². The van der Waals surface area contributed by atoms with Gasteiger partial charge in [-0.3, -0.25) is 0 Å². The Labute approximate surface area is 93.7 Å². The molecule has 0 fully saturated rings. The van der Waals surface area contributed by atoms with Gasteiger partial charge in [-0.15, -0.1) is 0 Å². The van der Waals surface area contributed by atoms with Crippen molar-refractivity contribution < 1.29 is 0 Å². The van der Waals surface area contributed by atoms with Crippen molar-refractivity contribution in [1.29, 1.82) is 0 Å². The first-order valence-electron chi connectivity index (χ1n) is 5.86. The zero-order chi connectivity index (χ0) is 11.4. The summed E-state index contributed by atoms with van der Waals surface area (Å²) >= 11 is 0. The molecule has 1 aromatic rings. The lowest BCUT2D eigenvalue weighted by Crippen LogP contribution is -2.13. The monoisotopic (exact) mass is 205 g/mol. The number of rotatable bonds is 4. The predicted molar refractivity (Wildman–Crippen MR) is 66.9 cm³/mol. The highest BCUT2D eigenvalue weighted by Crippen LogP contribution is 2.22. The molecule has 1 atom stereocenters. The highest BCUT2D eigenvalue weighted by atomic mass is 14.6. The number of hydrogen-bond donors (Lipinski definition) is 1. The van der Waals surface area contributed by atoms with Gasteiger partial charge in [-0.05, 0) is 29.4 Å². The van der Waals surface area contributed by atoms with Crippen LogP contribution in [0.25, 0.3) is 0 Å². The zero-order valence-corrected chi connectivity index (χ0v) is 10.3. The Bertz CT molecular complexity index is 302. The molecule has 0 amide bonds. The average molecular weight is 205 g/mol. The largest absolute Gasteiger partial charge is 0.324 e. The molecule has 0 aliphatic heterocycles. The molecule has 0 heterocycles. The van der Waals surface area contributed by atoms with Crippen LogP contribution < -0.4 is 5.73 Å². The molecule has 1 aromatic carbocycles. The van der Waals surface area contributed by atoms with E-state index in [1.165, 1.54) is 11.1 Å². The Morgan fingerprint density at radius 2 is 1.67 bits per heavy atom. The van der Waals surface area contributed by atoms with Crippen LogP contribution in [0.4, 0.5) is 0 Å². The molecule has 0 aliphatic rings. The lowest BCUT2D eigenvalue weighted by molar-refractivity contribution is 0.509. The highest BCUT2D eigenvalue weighted by Gasteiger charge is 2.09. The minimum atomic E-state index is 0.184. The van der Waals surface area contributed by atoms with Crippen LogP contribution in [0.2, 0.25) is 0 Å². The molecule has 1 nitrogen and oxygen atoms in total. The third-order valence-corrected chi connectivity index (χ3v) is 2.73. The quantitative estimate of drug-likeness (QED) is 0.793. The maximum atomic E-state index is 6.16. The van der Waals surface area contributed by atoms with Gasteiger partial charge in [0.15, 0.2) is 0 Å². The van der Waals surface area contributed by atoms with Crippen LogP contribution in [-0.2, 0) is 0 Å². The molecular formula is C14H23N. The third kappa shape index (κ3) is 3.67. The van der Waals surface area contributed by atoms with Gasteiger partial charge in [-0.25, -0.2) is 0 Å². The molecule has 15 heavy (non-hydrogen) atoms. The summed E-state index contributed by atoms with van der Waals surface area (Å²) in [7, 11) is 0. The van der Waals surface area contributed by atoms with E-state index in [4.69, 9.17) is 5.73 Å². The molecule has 0 bridgehead atoms. The van der Waals surface area contributed by atoms with Crippen LogP contribution in [0.3, 0.4) is 0 Å². The first-order valence-corrected chi connectivity index (χ1v) is 5.86. The molecule has 0 unspecified atom stereocenters. The Balaban J connectivity index is 2.80. The van der Waals surface area contributed by atoms with Gasteiger partial charge in [0, 0.05) is 6.04 Å². The van der Waals surface area contributed by atoms with E-state index in [1.54, 1.807) is 0 Å². The molecule has 84 valence electrons. The van der Waals surface area contributed by atoms with Crippen molar-refractivity contribution in [2.24, 2.45) is 11.7 Å². The van der Waals surface area contributed by atoms with Crippen LogP contribution in [0.1, 0.15) is 57.2 Å². The average Bonchev–Trinajstić information content (AvgIpc) is 2.17. The van der Waals surface area contributed by atoms with Crippen molar-refractivity contribution in [1.82, 2.24) is 0 Å². The summed E-state index contributed by atoms with van der Waals surface area (Å²) in [6.07, 6.45) is 1.06. The molecule has 1 rings (SSSR count). The lowest BCUT2D eigenvalue weighted by Gasteiger charge is -2.16. The first-order chi connectivity index (χ1) is 7.00. The Morgan fingerprint density at radius 1 is 1.07 bits per heavy atom. The van der Waals surface area contributed by atoms with Gasteiger partial charge in [0.1, 0.15) is 0 Å². The van der Waals surface area contributed by atoms with E-state index >= 15 is 0 Å². The second kappa shape index (κ2) is 5.32. The summed E-state index contributed by atoms with van der Waals surface area (Å²) in [5, 5.41) is 0. The van der Waals surface area contributed by atoms with Crippen molar-refractivity contribution >= 4 is 0 Å². The van der Waals surface area contributed by atoms with Crippen molar-refractivity contribution in [3.8, 4) is 0 Å². The van der Waals surface area contributed by atoms with Gasteiger partial charge < -0.3 is 5.73 Å². The second-order valence-corrected chi connectivity index (χ2v) is 5.06. The molecule has 0 aliphatic carbocycles. The lowest BCUT2D eigenvalue weighted by atomic mass is 9.94. The van der Waals surface area contributed by atoms with E-state index in [1.807, 2.05) is 0 Å². The smallest absolute Gasteiger partial charge is 0.0297 e. The van der Waals surface area contributed by atoms with E-state index in [-0.39, 0.29) is 6.04 Å². The maximum absolute atomic E-state index is 6.16. The number of hydrogen-bond acceptors (Lipinski definition) is 1. The van der Waals surface area contributed by atoms with Crippen LogP contribution in [-0.4, -0.2) is 0 Å². The zero-order valence-electron chi connectivity index (χ0n) is 10.3. The SMILES string of the molecule is CC(C)C[C@@H](N)c1cccc(C(C)C)c1. The Hall–Kier alpha value is -0.820. The van der Waals surface area contributed by atoms with E-state index in [0.717, 1.165) is 6.42 Å². The molecule has 0 saturated heterocycles. The van der Waals surface area contributed by atoms with Crippen LogP contribution in [0.5, 0.6) is 0 Å². The maximum Gasteiger partial charge on any atom is 0.0297 e. The van der Waals surface area contributed by atoms with Crippen molar-refractivity contribution in [3.05, 3.63) is 35.4 Å². The number of nitrogens with two attached hydrogens (primary N) is 1. The Kier molecular flexibility index (Phi) is 4.34. The normalized spacial score (nSPS) is 13.5. The molecule has 1 heteroatoms. The predicted octanol–water partition coefficient (Wildman–Crippen LogP) is 3.86. The van der Waals surface area contributed by atoms with Crippen molar-refractivity contribution in [3.63, 3.8) is 0 Å². The molecule has 0 radical (unpaired) electrons. The van der Waals surface area contributed by atoms with E-state index < -0.39 is 0 Å². The van der Waals surface area contributed by atoms with Gasteiger partial charge >= 0.3 is 0 Å². The summed E-state index contributed by atoms with van der Waals surface area (Å²) in [6, 6.07) is 8.86. The van der Waals surface area contributed by atoms with Gasteiger partial charge in [-0.1, -0.05) is 52.0 Å². The fourth-order valence-electron chi connectivity index (χ4n) is 1.79. The summed E-state index contributed by atoms with van der Waals surface area (Å²) in [6.45, 7) is 8.86. The van der Waals surface area contributed by atoms with Crippen LogP contribution in [0, 0.1) is 5.92 Å². The standard InChI is InChI=1S/C14H23N/c1-10(2)8-14(15)13-7-5-6-12(9-13)11(3)4/h5-7,9-11,14H,8,15H2,1-4H3/t14-/m1/s1. The third-order valence-electron chi connectivity index (χ3n) is 2.73. The van der Waals surface area contributed by atoms with Gasteiger partial charge in [0.05, 0.1) is 0 Å². The van der Waals surface area contributed by atoms with E-state index in [9.17, 15) is 0 Å². The minimum Gasteiger partial charge on any atom is -0.324 e. The second-order valence-electron chi connectivity index (χ2n) is 5.06. The first kappa shape index (κ1) is 12.3. The van der Waals surface area contributed by atoms with E-state index in [0.29, 0.717) is 11.8 Å². The topological polar surface area (TPSA) is 26.0 Å². The fraction of sp³-hybridized carbons (Fsp3) is 0.571. The minimum absolute atomic E-state index is 0.184. The molecule has 0 saturated carbocycles. The van der Waals surface area contributed by atoms with Gasteiger partial charge in [0.2, 0.25) is 0 Å².